The van der Waals surface area contributed by atoms with E-state index in [2.05, 4.69) is 9.97 Å². The molecule has 2 N–H and O–H groups in total. The Morgan fingerprint density at radius 1 is 1.56 bits per heavy atom. The molecule has 0 aliphatic carbocycles. The number of amides is 1. The summed E-state index contributed by atoms with van der Waals surface area (Å²) in [4.78, 5) is 31.2. The summed E-state index contributed by atoms with van der Waals surface area (Å²) in [5, 5.41) is 9.41. The normalized spacial score (nSPS) is 19.3. The molecule has 0 bridgehead atoms. The van der Waals surface area contributed by atoms with Crippen molar-refractivity contribution in [3.05, 3.63) is 27.4 Å². The number of β-amino-alcohol motifs (C(OH)–C–C–N with tert-alkyl or cyclic N) is 1. The Bertz CT molecular complexity index is 498. The first-order chi connectivity index (χ1) is 8.47. The molecular formula is C12H17N3O3. The van der Waals surface area contributed by atoms with Crippen LogP contribution in [-0.4, -0.2) is 45.1 Å². The molecule has 0 radical (unpaired) electrons. The maximum absolute atomic E-state index is 12.0. The summed E-state index contributed by atoms with van der Waals surface area (Å²) in [7, 11) is 0. The smallest absolute Gasteiger partial charge is 0.345 e. The van der Waals surface area contributed by atoms with E-state index in [4.69, 9.17) is 0 Å². The number of hydrogen-bond donors (Lipinski definition) is 2. The van der Waals surface area contributed by atoms with Crippen LogP contribution in [0.5, 0.6) is 0 Å². The zero-order valence-corrected chi connectivity index (χ0v) is 10.6. The van der Waals surface area contributed by atoms with Gasteiger partial charge >= 0.3 is 5.69 Å². The molecule has 6 heteroatoms. The highest BCUT2D eigenvalue weighted by Crippen LogP contribution is 2.13. The van der Waals surface area contributed by atoms with Crippen LogP contribution in [0.15, 0.2) is 4.79 Å². The Morgan fingerprint density at radius 3 is 2.83 bits per heavy atom. The van der Waals surface area contributed by atoms with Gasteiger partial charge in [-0.3, -0.25) is 4.79 Å². The second kappa shape index (κ2) is 4.89. The largest absolute Gasteiger partial charge is 0.391 e. The fourth-order valence-corrected chi connectivity index (χ4v) is 2.25. The molecule has 1 aliphatic rings. The van der Waals surface area contributed by atoms with Crippen molar-refractivity contribution in [3.63, 3.8) is 0 Å². The van der Waals surface area contributed by atoms with E-state index in [1.54, 1.807) is 18.7 Å². The number of nitrogens with one attached hydrogen (secondary N) is 1. The van der Waals surface area contributed by atoms with Gasteiger partial charge in [0, 0.05) is 30.0 Å². The lowest BCUT2D eigenvalue weighted by Crippen LogP contribution is -2.32. The van der Waals surface area contributed by atoms with Gasteiger partial charge in [0.1, 0.15) is 0 Å². The molecule has 1 aliphatic heterocycles. The Hall–Kier alpha value is -1.69. The van der Waals surface area contributed by atoms with E-state index >= 15 is 0 Å². The SMILES string of the molecule is Cc1nc(=O)[nH]c(C)c1CC(=O)N1CC[C@H](O)C1. The predicted octanol–water partition coefficient (Wildman–Crippen LogP) is -0.478. The number of carbonyl (C=O) groups excluding carboxylic acids is 1. The molecule has 2 rings (SSSR count). The van der Waals surface area contributed by atoms with Gasteiger partial charge in [0.2, 0.25) is 5.91 Å². The molecule has 1 aromatic rings. The van der Waals surface area contributed by atoms with Crippen molar-refractivity contribution in [1.82, 2.24) is 14.9 Å². The van der Waals surface area contributed by atoms with E-state index in [1.807, 2.05) is 0 Å². The molecule has 0 spiro atoms. The Kier molecular flexibility index (Phi) is 3.47. The molecule has 1 amide bonds. The Balaban J connectivity index is 2.14. The van der Waals surface area contributed by atoms with Crippen molar-refractivity contribution in [2.45, 2.75) is 32.8 Å². The quantitative estimate of drug-likeness (QED) is 0.743. The Morgan fingerprint density at radius 2 is 2.28 bits per heavy atom. The number of carbonyl (C=O) groups is 1. The minimum Gasteiger partial charge on any atom is -0.391 e. The van der Waals surface area contributed by atoms with Gasteiger partial charge in [0.05, 0.1) is 12.5 Å². The van der Waals surface area contributed by atoms with Gasteiger partial charge in [0.25, 0.3) is 0 Å². The molecule has 1 saturated heterocycles. The number of rotatable bonds is 2. The highest BCUT2D eigenvalue weighted by atomic mass is 16.3. The first-order valence-corrected chi connectivity index (χ1v) is 5.99. The summed E-state index contributed by atoms with van der Waals surface area (Å²) in [6.07, 6.45) is 0.437. The number of aliphatic hydroxyl groups excluding tert-OH is 1. The zero-order chi connectivity index (χ0) is 13.3. The monoisotopic (exact) mass is 251 g/mol. The van der Waals surface area contributed by atoms with Crippen LogP contribution in [0.1, 0.15) is 23.4 Å². The summed E-state index contributed by atoms with van der Waals surface area (Å²) in [6.45, 7) is 4.48. The van der Waals surface area contributed by atoms with E-state index in [-0.39, 0.29) is 12.3 Å². The van der Waals surface area contributed by atoms with E-state index in [9.17, 15) is 14.7 Å². The predicted molar refractivity (Wildman–Crippen MR) is 65.2 cm³/mol. The van der Waals surface area contributed by atoms with Crippen molar-refractivity contribution >= 4 is 5.91 Å². The third-order valence-corrected chi connectivity index (χ3v) is 3.30. The molecular weight excluding hydrogens is 234 g/mol. The van der Waals surface area contributed by atoms with Crippen molar-refractivity contribution < 1.29 is 9.90 Å². The number of H-pyrrole nitrogens is 1. The van der Waals surface area contributed by atoms with Gasteiger partial charge in [-0.1, -0.05) is 0 Å². The molecule has 18 heavy (non-hydrogen) atoms. The fourth-order valence-electron chi connectivity index (χ4n) is 2.25. The molecule has 0 unspecified atom stereocenters. The average Bonchev–Trinajstić information content (AvgIpc) is 2.70. The molecule has 1 aromatic heterocycles. The average molecular weight is 251 g/mol. The lowest BCUT2D eigenvalue weighted by atomic mass is 10.1. The highest BCUT2D eigenvalue weighted by molar-refractivity contribution is 5.79. The standard InChI is InChI=1S/C12H17N3O3/c1-7-10(8(2)14-12(18)13-7)5-11(17)15-4-3-9(16)6-15/h9,16H,3-6H2,1-2H3,(H,13,14,18)/t9-/m0/s1. The van der Waals surface area contributed by atoms with E-state index in [1.165, 1.54) is 0 Å². The first kappa shape index (κ1) is 12.8. The summed E-state index contributed by atoms with van der Waals surface area (Å²) in [6, 6.07) is 0. The summed E-state index contributed by atoms with van der Waals surface area (Å²) in [5.74, 6) is -0.0356. The molecule has 0 aromatic carbocycles. The minimum atomic E-state index is -0.412. The van der Waals surface area contributed by atoms with Gasteiger partial charge in [-0.05, 0) is 20.3 Å². The zero-order valence-electron chi connectivity index (χ0n) is 10.6. The number of hydrogen-bond acceptors (Lipinski definition) is 4. The summed E-state index contributed by atoms with van der Waals surface area (Å²) >= 11 is 0. The van der Waals surface area contributed by atoms with Crippen LogP contribution in [0.25, 0.3) is 0 Å². The third-order valence-electron chi connectivity index (χ3n) is 3.30. The van der Waals surface area contributed by atoms with Crippen LogP contribution in [0, 0.1) is 13.8 Å². The van der Waals surface area contributed by atoms with Gasteiger partial charge in [-0.2, -0.15) is 4.98 Å². The third kappa shape index (κ3) is 2.59. The Labute approximate surface area is 105 Å². The van der Waals surface area contributed by atoms with Gasteiger partial charge in [0.15, 0.2) is 0 Å². The number of aliphatic hydroxyl groups is 1. The lowest BCUT2D eigenvalue weighted by molar-refractivity contribution is -0.129. The summed E-state index contributed by atoms with van der Waals surface area (Å²) in [5.41, 5.74) is 1.64. The summed E-state index contributed by atoms with van der Waals surface area (Å²) < 4.78 is 0. The van der Waals surface area contributed by atoms with Crippen molar-refractivity contribution in [3.8, 4) is 0 Å². The van der Waals surface area contributed by atoms with Crippen LogP contribution in [0.3, 0.4) is 0 Å². The van der Waals surface area contributed by atoms with Crippen LogP contribution < -0.4 is 5.69 Å². The van der Waals surface area contributed by atoms with E-state index in [0.717, 1.165) is 5.56 Å². The molecule has 2 heterocycles. The van der Waals surface area contributed by atoms with Gasteiger partial charge < -0.3 is 15.0 Å². The van der Waals surface area contributed by atoms with Crippen LogP contribution in [-0.2, 0) is 11.2 Å². The number of likely N-dealkylation sites (tertiary alicyclic amines) is 1. The van der Waals surface area contributed by atoms with Crippen LogP contribution in [0.4, 0.5) is 0 Å². The minimum absolute atomic E-state index is 0.0356. The second-order valence-corrected chi connectivity index (χ2v) is 4.69. The lowest BCUT2D eigenvalue weighted by Gasteiger charge is -2.16. The van der Waals surface area contributed by atoms with E-state index in [0.29, 0.717) is 30.9 Å². The van der Waals surface area contributed by atoms with Crippen molar-refractivity contribution in [2.75, 3.05) is 13.1 Å². The molecule has 1 fully saturated rings. The molecule has 98 valence electrons. The van der Waals surface area contributed by atoms with Crippen molar-refractivity contribution in [2.24, 2.45) is 0 Å². The van der Waals surface area contributed by atoms with E-state index < -0.39 is 11.8 Å². The fraction of sp³-hybridized carbons (Fsp3) is 0.583. The highest BCUT2D eigenvalue weighted by Gasteiger charge is 2.25. The molecule has 0 saturated carbocycles. The van der Waals surface area contributed by atoms with Crippen molar-refractivity contribution in [1.29, 1.82) is 0 Å². The maximum Gasteiger partial charge on any atom is 0.345 e. The number of nitrogens with zero attached hydrogens (tertiary/aromatic N) is 2. The van der Waals surface area contributed by atoms with Crippen LogP contribution in [0.2, 0.25) is 0 Å². The van der Waals surface area contributed by atoms with Crippen LogP contribution >= 0.6 is 0 Å². The van der Waals surface area contributed by atoms with Gasteiger partial charge in [-0.15, -0.1) is 0 Å². The molecule has 1 atom stereocenters. The first-order valence-electron chi connectivity index (χ1n) is 5.99. The number of aromatic nitrogens is 2. The molecule has 6 nitrogen and oxygen atoms in total. The maximum atomic E-state index is 12.0. The number of aromatic amines is 1. The second-order valence-electron chi connectivity index (χ2n) is 4.69. The number of aryl methyl sites for hydroxylation is 2. The van der Waals surface area contributed by atoms with Gasteiger partial charge in [-0.25, -0.2) is 4.79 Å². The topological polar surface area (TPSA) is 86.3 Å².